The summed E-state index contributed by atoms with van der Waals surface area (Å²) in [6.45, 7) is 6.64. The summed E-state index contributed by atoms with van der Waals surface area (Å²) in [4.78, 5) is 11.0. The minimum atomic E-state index is -0.903. The van der Waals surface area contributed by atoms with Gasteiger partial charge in [-0.25, -0.2) is 4.68 Å². The van der Waals surface area contributed by atoms with Gasteiger partial charge in [-0.1, -0.05) is 97.8 Å². The van der Waals surface area contributed by atoms with E-state index in [4.69, 9.17) is 5.11 Å². The summed E-state index contributed by atoms with van der Waals surface area (Å²) >= 11 is 0. The summed E-state index contributed by atoms with van der Waals surface area (Å²) in [6, 6.07) is 0. The summed E-state index contributed by atoms with van der Waals surface area (Å²) in [5.41, 5.74) is 0.706. The van der Waals surface area contributed by atoms with E-state index in [0.717, 1.165) is 20.1 Å². The number of hydrogen-bond acceptors (Lipinski definition) is 4. The second kappa shape index (κ2) is 12.9. The van der Waals surface area contributed by atoms with Gasteiger partial charge in [-0.2, -0.15) is 0 Å². The van der Waals surface area contributed by atoms with Gasteiger partial charge in [0.15, 0.2) is 0 Å². The Morgan fingerprint density at radius 3 is 2.04 bits per heavy atom. The number of carboxylic acids is 1. The van der Waals surface area contributed by atoms with Crippen molar-refractivity contribution in [2.75, 3.05) is 0 Å². The van der Waals surface area contributed by atoms with Gasteiger partial charge < -0.3 is 5.11 Å². The predicted octanol–water partition coefficient (Wildman–Crippen LogP) is 3.72. The van der Waals surface area contributed by atoms with E-state index >= 15 is 0 Å². The molecule has 0 aliphatic heterocycles. The largest absolute Gasteiger partial charge is 0.480 e. The number of nitrogens with zero attached hydrogens (tertiary/aromatic N) is 4. The SMILES string of the molecule is CCCCCCCC(C)(Bc1nnnn1CC(=O)O)CCCCCCC. The van der Waals surface area contributed by atoms with E-state index in [1.165, 1.54) is 68.9 Å². The molecule has 0 aromatic carbocycles. The maximum Gasteiger partial charge on any atom is 0.325 e. The van der Waals surface area contributed by atoms with Crippen molar-refractivity contribution in [3.05, 3.63) is 0 Å². The molecule has 0 atom stereocenters. The molecule has 0 saturated carbocycles. The Morgan fingerprint density at radius 1 is 1.00 bits per heavy atom. The third-order valence-corrected chi connectivity index (χ3v) is 5.24. The van der Waals surface area contributed by atoms with Crippen LogP contribution in [0.4, 0.5) is 0 Å². The Balaban J connectivity index is 2.63. The van der Waals surface area contributed by atoms with E-state index in [1.54, 1.807) is 0 Å². The summed E-state index contributed by atoms with van der Waals surface area (Å²) in [7, 11) is 0.759. The fourth-order valence-electron chi connectivity index (χ4n) is 3.59. The molecule has 0 bridgehead atoms. The molecule has 7 heteroatoms. The van der Waals surface area contributed by atoms with Crippen molar-refractivity contribution >= 4 is 19.0 Å². The molecule has 0 unspecified atom stereocenters. The van der Waals surface area contributed by atoms with E-state index in [2.05, 4.69) is 36.3 Å². The zero-order valence-corrected chi connectivity index (χ0v) is 17.0. The van der Waals surface area contributed by atoms with Gasteiger partial charge >= 0.3 is 5.97 Å². The van der Waals surface area contributed by atoms with E-state index in [-0.39, 0.29) is 11.9 Å². The smallest absolute Gasteiger partial charge is 0.325 e. The van der Waals surface area contributed by atoms with Gasteiger partial charge in [-0.15, -0.1) is 5.10 Å². The molecule has 0 aliphatic carbocycles. The van der Waals surface area contributed by atoms with Crippen LogP contribution in [0.5, 0.6) is 0 Å². The predicted molar refractivity (Wildman–Crippen MR) is 107 cm³/mol. The Morgan fingerprint density at radius 2 is 1.54 bits per heavy atom. The molecule has 26 heavy (non-hydrogen) atoms. The maximum absolute atomic E-state index is 11.0. The van der Waals surface area contributed by atoms with Crippen molar-refractivity contribution in [2.45, 2.75) is 110 Å². The van der Waals surface area contributed by atoms with Crippen molar-refractivity contribution in [2.24, 2.45) is 0 Å². The molecule has 0 saturated heterocycles. The molecule has 1 aromatic heterocycles. The van der Waals surface area contributed by atoms with Gasteiger partial charge in [0.25, 0.3) is 0 Å². The first-order chi connectivity index (χ1) is 12.5. The summed E-state index contributed by atoms with van der Waals surface area (Å²) in [5, 5.41) is 20.8. The van der Waals surface area contributed by atoms with Crippen molar-refractivity contribution < 1.29 is 9.90 Å². The molecule has 148 valence electrons. The number of hydrogen-bond donors (Lipinski definition) is 1. The fraction of sp³-hybridized carbons (Fsp3) is 0.895. The number of carbonyl (C=O) groups is 1. The highest BCUT2D eigenvalue weighted by atomic mass is 16.4. The molecule has 1 aromatic rings. The summed E-state index contributed by atoms with van der Waals surface area (Å²) < 4.78 is 1.44. The molecule has 0 radical (unpaired) electrons. The monoisotopic (exact) mass is 364 g/mol. The number of rotatable bonds is 16. The third kappa shape index (κ3) is 9.34. The third-order valence-electron chi connectivity index (χ3n) is 5.24. The van der Waals surface area contributed by atoms with Crippen LogP contribution < -0.4 is 5.72 Å². The fourth-order valence-corrected chi connectivity index (χ4v) is 3.59. The lowest BCUT2D eigenvalue weighted by Gasteiger charge is -2.28. The van der Waals surface area contributed by atoms with E-state index in [9.17, 15) is 4.79 Å². The quantitative estimate of drug-likeness (QED) is 0.357. The van der Waals surface area contributed by atoms with Crippen LogP contribution in [0.3, 0.4) is 0 Å². The molecular formula is C19H37BN4O2. The van der Waals surface area contributed by atoms with Gasteiger partial charge in [0.1, 0.15) is 12.3 Å². The number of tetrazole rings is 1. The summed E-state index contributed by atoms with van der Waals surface area (Å²) in [6.07, 6.45) is 15.1. The van der Waals surface area contributed by atoms with Gasteiger partial charge in [0, 0.05) is 0 Å². The van der Waals surface area contributed by atoms with Crippen LogP contribution in [0, 0.1) is 0 Å². The standard InChI is InChI=1S/C19H37BN4O2/c1-4-6-8-10-12-14-19(3,15-13-11-9-7-5-2)20-18-21-22-23-24(18)16-17(25)26/h20H,4-16H2,1-3H3,(H,25,26). The molecular weight excluding hydrogens is 327 g/mol. The van der Waals surface area contributed by atoms with E-state index in [0.29, 0.717) is 5.72 Å². The Hall–Kier alpha value is -1.40. The first-order valence-electron chi connectivity index (χ1n) is 10.5. The molecule has 1 N–H and O–H groups in total. The highest BCUT2D eigenvalue weighted by Crippen LogP contribution is 2.37. The van der Waals surface area contributed by atoms with Crippen LogP contribution in [-0.4, -0.2) is 38.6 Å². The number of aromatic nitrogens is 4. The number of aliphatic carboxylic acids is 1. The molecule has 6 nitrogen and oxygen atoms in total. The average Bonchev–Trinajstić information content (AvgIpc) is 3.00. The second-order valence-electron chi connectivity index (χ2n) is 7.96. The lowest BCUT2D eigenvalue weighted by Crippen LogP contribution is -2.36. The van der Waals surface area contributed by atoms with Crippen LogP contribution in [0.25, 0.3) is 0 Å². The lowest BCUT2D eigenvalue weighted by molar-refractivity contribution is -0.137. The average molecular weight is 364 g/mol. The first-order valence-corrected chi connectivity index (χ1v) is 10.5. The van der Waals surface area contributed by atoms with Crippen LogP contribution >= 0.6 is 0 Å². The molecule has 1 heterocycles. The van der Waals surface area contributed by atoms with Gasteiger partial charge in [0.05, 0.1) is 0 Å². The minimum Gasteiger partial charge on any atom is -0.480 e. The van der Waals surface area contributed by atoms with Crippen molar-refractivity contribution in [3.8, 4) is 0 Å². The Bertz CT molecular complexity index is 493. The number of carboxylic acid groups (broad SMARTS) is 1. The Labute approximate surface area is 159 Å². The van der Waals surface area contributed by atoms with Crippen LogP contribution in [0.2, 0.25) is 5.31 Å². The zero-order chi connectivity index (χ0) is 19.3. The molecule has 0 aliphatic rings. The normalized spacial score (nSPS) is 11.7. The highest BCUT2D eigenvalue weighted by Gasteiger charge is 2.29. The molecule has 0 amide bonds. The van der Waals surface area contributed by atoms with Gasteiger partial charge in [-0.3, -0.25) is 4.79 Å². The van der Waals surface area contributed by atoms with Crippen LogP contribution in [0.1, 0.15) is 97.8 Å². The molecule has 0 fully saturated rings. The first kappa shape index (κ1) is 22.6. The highest BCUT2D eigenvalue weighted by molar-refractivity contribution is 6.54. The minimum absolute atomic E-state index is 0.142. The van der Waals surface area contributed by atoms with Gasteiger partial charge in [0.2, 0.25) is 7.28 Å². The van der Waals surface area contributed by atoms with E-state index < -0.39 is 5.97 Å². The van der Waals surface area contributed by atoms with Crippen LogP contribution in [-0.2, 0) is 11.3 Å². The summed E-state index contributed by atoms with van der Waals surface area (Å²) in [5.74, 6) is -0.903. The van der Waals surface area contributed by atoms with Crippen molar-refractivity contribution in [1.29, 1.82) is 0 Å². The second-order valence-corrected chi connectivity index (χ2v) is 7.96. The Kier molecular flexibility index (Phi) is 11.2. The maximum atomic E-state index is 11.0. The number of unbranched alkanes of at least 4 members (excludes halogenated alkanes) is 8. The molecule has 0 spiro atoms. The molecule has 1 rings (SSSR count). The van der Waals surface area contributed by atoms with E-state index in [1.807, 2.05) is 0 Å². The van der Waals surface area contributed by atoms with Crippen LogP contribution in [0.15, 0.2) is 0 Å². The zero-order valence-electron chi connectivity index (χ0n) is 17.0. The lowest BCUT2D eigenvalue weighted by atomic mass is 9.49. The topological polar surface area (TPSA) is 80.9 Å². The van der Waals surface area contributed by atoms with Gasteiger partial charge in [-0.05, 0) is 15.7 Å². The van der Waals surface area contributed by atoms with Crippen molar-refractivity contribution in [3.63, 3.8) is 0 Å². The van der Waals surface area contributed by atoms with Crippen molar-refractivity contribution in [1.82, 2.24) is 20.2 Å².